The van der Waals surface area contributed by atoms with Crippen LogP contribution in [0.15, 0.2) is 30.3 Å². The van der Waals surface area contributed by atoms with Crippen LogP contribution in [0.3, 0.4) is 0 Å². The van der Waals surface area contributed by atoms with Crippen LogP contribution in [0, 0.1) is 5.92 Å². The summed E-state index contributed by atoms with van der Waals surface area (Å²) in [4.78, 5) is 0. The Morgan fingerprint density at radius 1 is 1.19 bits per heavy atom. The molecular formula is C19H29NO. The first-order chi connectivity index (χ1) is 10.4. The van der Waals surface area contributed by atoms with E-state index in [0.717, 1.165) is 38.5 Å². The highest BCUT2D eigenvalue weighted by Gasteiger charge is 2.46. The van der Waals surface area contributed by atoms with E-state index in [1.165, 1.54) is 31.2 Å². The Bertz CT molecular complexity index is 420. The van der Waals surface area contributed by atoms with E-state index in [4.69, 9.17) is 4.74 Å². The van der Waals surface area contributed by atoms with Crippen molar-refractivity contribution in [1.82, 2.24) is 5.32 Å². The van der Waals surface area contributed by atoms with Crippen molar-refractivity contribution in [2.24, 2.45) is 5.92 Å². The summed E-state index contributed by atoms with van der Waals surface area (Å²) in [6, 6.07) is 11.8. The Morgan fingerprint density at radius 2 is 1.90 bits per heavy atom. The van der Waals surface area contributed by atoms with E-state index in [-0.39, 0.29) is 5.41 Å². The Hall–Kier alpha value is -0.860. The van der Waals surface area contributed by atoms with Crippen LogP contribution in [0.5, 0.6) is 0 Å². The molecular weight excluding hydrogens is 258 g/mol. The standard InChI is InChI=1S/C19H29NO/c1-2-13-20-18(16-7-6-8-16)19(11-14-21-15-12-19)17-9-4-3-5-10-17/h3-5,9-10,16,18,20H,2,6-8,11-15H2,1H3. The van der Waals surface area contributed by atoms with Gasteiger partial charge in [0.25, 0.3) is 0 Å². The van der Waals surface area contributed by atoms with Gasteiger partial charge in [-0.25, -0.2) is 0 Å². The first-order valence-corrected chi connectivity index (χ1v) is 8.73. The Morgan fingerprint density at radius 3 is 2.48 bits per heavy atom. The van der Waals surface area contributed by atoms with Gasteiger partial charge in [-0.05, 0) is 50.1 Å². The maximum atomic E-state index is 5.70. The molecule has 1 aromatic rings. The average Bonchev–Trinajstić information content (AvgIpc) is 2.51. The van der Waals surface area contributed by atoms with Crippen molar-refractivity contribution in [2.75, 3.05) is 19.8 Å². The van der Waals surface area contributed by atoms with Gasteiger partial charge in [0.2, 0.25) is 0 Å². The number of ether oxygens (including phenoxy) is 1. The normalized spacial score (nSPS) is 23.5. The van der Waals surface area contributed by atoms with Crippen molar-refractivity contribution in [3.8, 4) is 0 Å². The van der Waals surface area contributed by atoms with E-state index in [2.05, 4.69) is 42.6 Å². The van der Waals surface area contributed by atoms with Gasteiger partial charge < -0.3 is 10.1 Å². The molecule has 2 heteroatoms. The molecule has 3 rings (SSSR count). The summed E-state index contributed by atoms with van der Waals surface area (Å²) in [7, 11) is 0. The molecule has 2 fully saturated rings. The minimum absolute atomic E-state index is 0.278. The van der Waals surface area contributed by atoms with E-state index in [1.807, 2.05) is 0 Å². The largest absolute Gasteiger partial charge is 0.381 e. The first-order valence-electron chi connectivity index (χ1n) is 8.73. The predicted molar refractivity (Wildman–Crippen MR) is 87.6 cm³/mol. The molecule has 0 aromatic heterocycles. The Balaban J connectivity index is 1.91. The van der Waals surface area contributed by atoms with Crippen molar-refractivity contribution in [1.29, 1.82) is 0 Å². The second-order valence-electron chi connectivity index (χ2n) is 6.76. The summed E-state index contributed by atoms with van der Waals surface area (Å²) in [6.07, 6.45) is 7.75. The zero-order valence-corrected chi connectivity index (χ0v) is 13.3. The van der Waals surface area contributed by atoms with Crippen molar-refractivity contribution >= 4 is 0 Å². The maximum Gasteiger partial charge on any atom is 0.0475 e. The molecule has 0 amide bonds. The zero-order valence-electron chi connectivity index (χ0n) is 13.3. The van der Waals surface area contributed by atoms with Gasteiger partial charge in [-0.1, -0.05) is 43.7 Å². The molecule has 21 heavy (non-hydrogen) atoms. The third-order valence-corrected chi connectivity index (χ3v) is 5.56. The molecule has 1 aliphatic carbocycles. The van der Waals surface area contributed by atoms with Crippen LogP contribution >= 0.6 is 0 Å². The van der Waals surface area contributed by atoms with Crippen LogP contribution in [0.25, 0.3) is 0 Å². The maximum absolute atomic E-state index is 5.70. The molecule has 1 N–H and O–H groups in total. The zero-order chi connectivity index (χ0) is 14.5. The van der Waals surface area contributed by atoms with Crippen LogP contribution < -0.4 is 5.32 Å². The molecule has 1 saturated heterocycles. The van der Waals surface area contributed by atoms with Crippen LogP contribution in [-0.2, 0) is 10.2 Å². The summed E-state index contributed by atoms with van der Waals surface area (Å²) in [5, 5.41) is 3.92. The lowest BCUT2D eigenvalue weighted by molar-refractivity contribution is 0.0138. The van der Waals surface area contributed by atoms with Gasteiger partial charge in [0.1, 0.15) is 0 Å². The van der Waals surface area contributed by atoms with Gasteiger partial charge in [0.05, 0.1) is 0 Å². The lowest BCUT2D eigenvalue weighted by atomic mass is 9.61. The number of rotatable bonds is 6. The van der Waals surface area contributed by atoms with Crippen LogP contribution in [-0.4, -0.2) is 25.8 Å². The predicted octanol–water partition coefficient (Wildman–Crippen LogP) is 3.90. The topological polar surface area (TPSA) is 21.3 Å². The first kappa shape index (κ1) is 15.1. The highest BCUT2D eigenvalue weighted by atomic mass is 16.5. The number of benzene rings is 1. The number of hydrogen-bond donors (Lipinski definition) is 1. The second-order valence-corrected chi connectivity index (χ2v) is 6.76. The third-order valence-electron chi connectivity index (χ3n) is 5.56. The van der Waals surface area contributed by atoms with Crippen molar-refractivity contribution in [3.63, 3.8) is 0 Å². The van der Waals surface area contributed by atoms with Gasteiger partial charge >= 0.3 is 0 Å². The van der Waals surface area contributed by atoms with Gasteiger partial charge in [0.15, 0.2) is 0 Å². The fourth-order valence-electron chi connectivity index (χ4n) is 4.17. The minimum Gasteiger partial charge on any atom is -0.381 e. The summed E-state index contributed by atoms with van der Waals surface area (Å²) in [5.41, 5.74) is 1.80. The number of nitrogens with one attached hydrogen (secondary N) is 1. The third kappa shape index (κ3) is 3.02. The number of hydrogen-bond acceptors (Lipinski definition) is 2. The summed E-state index contributed by atoms with van der Waals surface area (Å²) >= 11 is 0. The van der Waals surface area contributed by atoms with E-state index in [0.29, 0.717) is 6.04 Å². The molecule has 1 aliphatic heterocycles. The molecule has 1 aromatic carbocycles. The molecule has 0 bridgehead atoms. The fourth-order valence-corrected chi connectivity index (χ4v) is 4.17. The minimum atomic E-state index is 0.278. The van der Waals surface area contributed by atoms with E-state index in [1.54, 1.807) is 0 Å². The van der Waals surface area contributed by atoms with Crippen molar-refractivity contribution in [2.45, 2.75) is 56.9 Å². The van der Waals surface area contributed by atoms with Gasteiger partial charge in [-0.3, -0.25) is 0 Å². The molecule has 2 aliphatic rings. The van der Waals surface area contributed by atoms with Gasteiger partial charge in [-0.2, -0.15) is 0 Å². The van der Waals surface area contributed by atoms with E-state index < -0.39 is 0 Å². The molecule has 1 unspecified atom stereocenters. The fraction of sp³-hybridized carbons (Fsp3) is 0.684. The summed E-state index contributed by atoms with van der Waals surface area (Å²) in [5.74, 6) is 0.856. The SMILES string of the molecule is CCCNC(C1CCC1)C1(c2ccccc2)CCOCC1. The quantitative estimate of drug-likeness (QED) is 0.856. The van der Waals surface area contributed by atoms with E-state index >= 15 is 0 Å². The van der Waals surface area contributed by atoms with Crippen molar-refractivity contribution in [3.05, 3.63) is 35.9 Å². The molecule has 1 atom stereocenters. The summed E-state index contributed by atoms with van der Waals surface area (Å²) < 4.78 is 5.70. The monoisotopic (exact) mass is 287 g/mol. The average molecular weight is 287 g/mol. The Kier molecular flexibility index (Phi) is 4.97. The smallest absolute Gasteiger partial charge is 0.0475 e. The van der Waals surface area contributed by atoms with Gasteiger partial charge in [0, 0.05) is 24.7 Å². The highest BCUT2D eigenvalue weighted by Crippen LogP contribution is 2.45. The van der Waals surface area contributed by atoms with Gasteiger partial charge in [-0.15, -0.1) is 0 Å². The molecule has 0 radical (unpaired) electrons. The van der Waals surface area contributed by atoms with Crippen LogP contribution in [0.4, 0.5) is 0 Å². The molecule has 116 valence electrons. The Labute approximate surface area is 129 Å². The molecule has 2 nitrogen and oxygen atoms in total. The lowest BCUT2D eigenvalue weighted by Gasteiger charge is -2.50. The molecule has 1 saturated carbocycles. The molecule has 0 spiro atoms. The van der Waals surface area contributed by atoms with Crippen molar-refractivity contribution < 1.29 is 4.74 Å². The highest BCUT2D eigenvalue weighted by molar-refractivity contribution is 5.29. The lowest BCUT2D eigenvalue weighted by Crippen LogP contribution is -2.56. The van der Waals surface area contributed by atoms with Crippen LogP contribution in [0.1, 0.15) is 51.0 Å². The summed E-state index contributed by atoms with van der Waals surface area (Å²) in [6.45, 7) is 5.22. The van der Waals surface area contributed by atoms with E-state index in [9.17, 15) is 0 Å². The molecule has 1 heterocycles. The van der Waals surface area contributed by atoms with Crippen LogP contribution in [0.2, 0.25) is 0 Å². The second kappa shape index (κ2) is 6.93.